The molecule has 2 N–H and O–H groups in total. The first-order valence-corrected chi connectivity index (χ1v) is 7.38. The van der Waals surface area contributed by atoms with Crippen LogP contribution in [0.1, 0.15) is 5.56 Å². The van der Waals surface area contributed by atoms with Crippen molar-refractivity contribution in [1.82, 2.24) is 20.2 Å². The van der Waals surface area contributed by atoms with Gasteiger partial charge in [0.1, 0.15) is 0 Å². The van der Waals surface area contributed by atoms with E-state index in [0.29, 0.717) is 5.69 Å². The van der Waals surface area contributed by atoms with Crippen molar-refractivity contribution in [3.8, 4) is 11.4 Å². The summed E-state index contributed by atoms with van der Waals surface area (Å²) >= 11 is 3.44. The number of tetrazole rings is 1. The zero-order chi connectivity index (χ0) is 14.7. The van der Waals surface area contributed by atoms with Gasteiger partial charge >= 0.3 is 0 Å². The molecule has 6 heteroatoms. The van der Waals surface area contributed by atoms with Crippen molar-refractivity contribution in [2.45, 2.75) is 13.0 Å². The van der Waals surface area contributed by atoms with Gasteiger partial charge in [0.2, 0.25) is 0 Å². The van der Waals surface area contributed by atoms with E-state index in [1.807, 2.05) is 36.4 Å². The molecule has 0 radical (unpaired) electrons. The normalized spacial score (nSPS) is 10.7. The summed E-state index contributed by atoms with van der Waals surface area (Å²) < 4.78 is 2.71. The Kier molecular flexibility index (Phi) is 3.96. The summed E-state index contributed by atoms with van der Waals surface area (Å²) in [6.07, 6.45) is 0.877. The molecule has 1 aromatic heterocycles. The van der Waals surface area contributed by atoms with Crippen molar-refractivity contribution >= 4 is 21.6 Å². The van der Waals surface area contributed by atoms with Crippen LogP contribution >= 0.6 is 15.9 Å². The number of nitrogens with two attached hydrogens (primary N) is 1. The molecule has 0 unspecified atom stereocenters. The molecule has 0 spiro atoms. The van der Waals surface area contributed by atoms with Crippen LogP contribution in [0.3, 0.4) is 0 Å². The predicted octanol–water partition coefficient (Wildman–Crippen LogP) is 2.93. The van der Waals surface area contributed by atoms with Gasteiger partial charge in [0.15, 0.2) is 5.82 Å². The van der Waals surface area contributed by atoms with Gasteiger partial charge in [-0.2, -0.15) is 0 Å². The van der Waals surface area contributed by atoms with Crippen LogP contribution in [0, 0.1) is 0 Å². The molecule has 0 saturated carbocycles. The van der Waals surface area contributed by atoms with E-state index in [-0.39, 0.29) is 0 Å². The number of hydrogen-bond acceptors (Lipinski definition) is 4. The van der Waals surface area contributed by atoms with Crippen LogP contribution in [0.15, 0.2) is 53.0 Å². The van der Waals surface area contributed by atoms with Crippen molar-refractivity contribution in [1.29, 1.82) is 0 Å². The van der Waals surface area contributed by atoms with E-state index in [4.69, 9.17) is 5.73 Å². The van der Waals surface area contributed by atoms with Gasteiger partial charge in [-0.15, -0.1) is 5.10 Å². The van der Waals surface area contributed by atoms with Crippen LogP contribution in [0.2, 0.25) is 0 Å². The molecule has 2 aromatic carbocycles. The molecule has 0 aliphatic heterocycles. The highest BCUT2D eigenvalue weighted by molar-refractivity contribution is 9.10. The SMILES string of the molecule is Nc1cc(Br)cc(-c2nnnn2CCc2ccccc2)c1. The minimum absolute atomic E-state index is 0.678. The van der Waals surface area contributed by atoms with Gasteiger partial charge in [-0.3, -0.25) is 0 Å². The van der Waals surface area contributed by atoms with Gasteiger partial charge in [-0.25, -0.2) is 4.68 Å². The van der Waals surface area contributed by atoms with Crippen molar-refractivity contribution in [3.05, 3.63) is 58.6 Å². The average Bonchev–Trinajstić information content (AvgIpc) is 2.93. The number of anilines is 1. The summed E-state index contributed by atoms with van der Waals surface area (Å²) in [7, 11) is 0. The highest BCUT2D eigenvalue weighted by Crippen LogP contribution is 2.24. The quantitative estimate of drug-likeness (QED) is 0.739. The third-order valence-corrected chi connectivity index (χ3v) is 3.62. The maximum atomic E-state index is 5.87. The number of benzene rings is 2. The molecule has 0 saturated heterocycles. The first-order chi connectivity index (χ1) is 10.2. The fourth-order valence-electron chi connectivity index (χ4n) is 2.18. The minimum atomic E-state index is 0.678. The molecule has 0 aliphatic rings. The Labute approximate surface area is 130 Å². The van der Waals surface area contributed by atoms with Gasteiger partial charge in [-0.1, -0.05) is 46.3 Å². The molecule has 3 rings (SSSR count). The van der Waals surface area contributed by atoms with Crippen LogP contribution in [-0.2, 0) is 13.0 Å². The second kappa shape index (κ2) is 6.05. The summed E-state index contributed by atoms with van der Waals surface area (Å²) in [6.45, 7) is 0.721. The predicted molar refractivity (Wildman–Crippen MR) is 85.5 cm³/mol. The number of nitrogens with zero attached hydrogens (tertiary/aromatic N) is 4. The Bertz CT molecular complexity index is 719. The molecule has 1 heterocycles. The lowest BCUT2D eigenvalue weighted by molar-refractivity contribution is 0.594. The number of nitrogen functional groups attached to an aromatic ring is 1. The number of hydrogen-bond donors (Lipinski definition) is 1. The van der Waals surface area contributed by atoms with Crippen molar-refractivity contribution in [3.63, 3.8) is 0 Å². The van der Waals surface area contributed by atoms with E-state index < -0.39 is 0 Å². The second-order valence-electron chi connectivity index (χ2n) is 4.73. The highest BCUT2D eigenvalue weighted by Gasteiger charge is 2.10. The summed E-state index contributed by atoms with van der Waals surface area (Å²) in [4.78, 5) is 0. The largest absolute Gasteiger partial charge is 0.399 e. The van der Waals surface area contributed by atoms with E-state index in [9.17, 15) is 0 Å². The molecule has 0 aliphatic carbocycles. The van der Waals surface area contributed by atoms with Crippen molar-refractivity contribution in [2.75, 3.05) is 5.73 Å². The van der Waals surface area contributed by atoms with E-state index in [1.165, 1.54) is 5.56 Å². The molecule has 0 atom stereocenters. The molecule has 0 bridgehead atoms. The number of aromatic nitrogens is 4. The minimum Gasteiger partial charge on any atom is -0.399 e. The molecular weight excluding hydrogens is 330 g/mol. The Hall–Kier alpha value is -2.21. The molecular formula is C15H14BrN5. The Balaban J connectivity index is 1.84. The van der Waals surface area contributed by atoms with E-state index in [1.54, 1.807) is 4.68 Å². The van der Waals surface area contributed by atoms with Crippen molar-refractivity contribution < 1.29 is 0 Å². The molecule has 0 amide bonds. The van der Waals surface area contributed by atoms with Gasteiger partial charge in [0.25, 0.3) is 0 Å². The van der Waals surface area contributed by atoms with E-state index >= 15 is 0 Å². The van der Waals surface area contributed by atoms with Gasteiger partial charge in [0, 0.05) is 22.3 Å². The van der Waals surface area contributed by atoms with Crippen LogP contribution in [0.5, 0.6) is 0 Å². The zero-order valence-electron chi connectivity index (χ0n) is 11.3. The fourth-order valence-corrected chi connectivity index (χ4v) is 2.69. The van der Waals surface area contributed by atoms with Crippen LogP contribution in [-0.4, -0.2) is 20.2 Å². The summed E-state index contributed by atoms with van der Waals surface area (Å²) in [5.41, 5.74) is 8.71. The van der Waals surface area contributed by atoms with E-state index in [0.717, 1.165) is 28.8 Å². The lowest BCUT2D eigenvalue weighted by atomic mass is 10.1. The maximum Gasteiger partial charge on any atom is 0.182 e. The maximum absolute atomic E-state index is 5.87. The molecule has 21 heavy (non-hydrogen) atoms. The monoisotopic (exact) mass is 343 g/mol. The number of aryl methyl sites for hydroxylation is 2. The van der Waals surface area contributed by atoms with Gasteiger partial charge < -0.3 is 5.73 Å². The van der Waals surface area contributed by atoms with E-state index in [2.05, 4.69) is 43.6 Å². The van der Waals surface area contributed by atoms with Crippen LogP contribution in [0.25, 0.3) is 11.4 Å². The number of halogens is 1. The first-order valence-electron chi connectivity index (χ1n) is 6.59. The molecule has 0 fully saturated rings. The first kappa shape index (κ1) is 13.8. The lowest BCUT2D eigenvalue weighted by Gasteiger charge is -2.06. The summed E-state index contributed by atoms with van der Waals surface area (Å²) in [5.74, 6) is 0.721. The average molecular weight is 344 g/mol. The molecule has 3 aromatic rings. The van der Waals surface area contributed by atoms with Gasteiger partial charge in [0.05, 0.1) is 0 Å². The Morgan fingerprint density at radius 1 is 1.10 bits per heavy atom. The zero-order valence-corrected chi connectivity index (χ0v) is 12.9. The Morgan fingerprint density at radius 2 is 1.90 bits per heavy atom. The summed E-state index contributed by atoms with van der Waals surface area (Å²) in [5, 5.41) is 11.9. The topological polar surface area (TPSA) is 69.6 Å². The standard InChI is InChI=1S/C15H14BrN5/c16-13-8-12(9-14(17)10-13)15-18-19-20-21(15)7-6-11-4-2-1-3-5-11/h1-5,8-10H,6-7,17H2. The van der Waals surface area contributed by atoms with Gasteiger partial charge in [-0.05, 0) is 40.6 Å². The number of rotatable bonds is 4. The smallest absolute Gasteiger partial charge is 0.182 e. The fraction of sp³-hybridized carbons (Fsp3) is 0.133. The van der Waals surface area contributed by atoms with Crippen LogP contribution in [0.4, 0.5) is 5.69 Å². The summed E-state index contributed by atoms with van der Waals surface area (Å²) in [6, 6.07) is 16.0. The second-order valence-corrected chi connectivity index (χ2v) is 5.65. The highest BCUT2D eigenvalue weighted by atomic mass is 79.9. The van der Waals surface area contributed by atoms with Crippen LogP contribution < -0.4 is 5.73 Å². The van der Waals surface area contributed by atoms with Crippen molar-refractivity contribution in [2.24, 2.45) is 0 Å². The molecule has 106 valence electrons. The third-order valence-electron chi connectivity index (χ3n) is 3.17. The molecule has 5 nitrogen and oxygen atoms in total. The third kappa shape index (κ3) is 3.28. The lowest BCUT2D eigenvalue weighted by Crippen LogP contribution is -2.06. The Morgan fingerprint density at radius 3 is 2.67 bits per heavy atom.